The van der Waals surface area contributed by atoms with Gasteiger partial charge in [-0.1, -0.05) is 30.3 Å². The fourth-order valence-corrected chi connectivity index (χ4v) is 2.01. The Hall–Kier alpha value is -2.53. The van der Waals surface area contributed by atoms with E-state index in [2.05, 4.69) is 5.32 Å². The Morgan fingerprint density at radius 2 is 1.67 bits per heavy atom. The van der Waals surface area contributed by atoms with Crippen molar-refractivity contribution in [3.8, 4) is 11.5 Å². The van der Waals surface area contributed by atoms with Crippen LogP contribution in [-0.4, -0.2) is 25.1 Å². The Bertz CT molecular complexity index is 612. The first kappa shape index (κ1) is 17.8. The van der Waals surface area contributed by atoms with Crippen molar-refractivity contribution in [3.63, 3.8) is 0 Å². The molecule has 0 aliphatic rings. The summed E-state index contributed by atoms with van der Waals surface area (Å²) in [5.41, 5.74) is 6.74. The normalized spacial score (nSPS) is 11.6. The highest BCUT2D eigenvalue weighted by Gasteiger charge is 2.03. The van der Waals surface area contributed by atoms with E-state index >= 15 is 0 Å². The zero-order valence-electron chi connectivity index (χ0n) is 13.9. The summed E-state index contributed by atoms with van der Waals surface area (Å²) in [5.74, 6) is 1.23. The molecule has 0 fully saturated rings. The third-order valence-corrected chi connectivity index (χ3v) is 3.36. The standard InChI is InChI=1S/C19H24N2O3/c1-15(20)11-12-21-19(22)14-24-18-9-7-17(8-10-18)23-13-16-5-3-2-4-6-16/h2-10,15H,11-14,20H2,1H3,(H,21,22). The molecule has 2 aromatic rings. The molecule has 0 aliphatic carbocycles. The summed E-state index contributed by atoms with van der Waals surface area (Å²) in [7, 11) is 0. The molecule has 2 aromatic carbocycles. The van der Waals surface area contributed by atoms with E-state index in [4.69, 9.17) is 15.2 Å². The third-order valence-electron chi connectivity index (χ3n) is 3.36. The molecule has 0 bridgehead atoms. The van der Waals surface area contributed by atoms with E-state index in [0.29, 0.717) is 18.9 Å². The van der Waals surface area contributed by atoms with Crippen LogP contribution in [0.15, 0.2) is 54.6 Å². The minimum atomic E-state index is -0.153. The van der Waals surface area contributed by atoms with Crippen molar-refractivity contribution in [2.24, 2.45) is 5.73 Å². The van der Waals surface area contributed by atoms with Gasteiger partial charge in [0, 0.05) is 12.6 Å². The summed E-state index contributed by atoms with van der Waals surface area (Å²) in [6.07, 6.45) is 0.749. The molecule has 1 atom stereocenters. The van der Waals surface area contributed by atoms with E-state index in [-0.39, 0.29) is 18.6 Å². The topological polar surface area (TPSA) is 73.6 Å². The minimum absolute atomic E-state index is 0.0107. The Morgan fingerprint density at radius 3 is 2.29 bits per heavy atom. The average Bonchev–Trinajstić information content (AvgIpc) is 2.59. The quantitative estimate of drug-likeness (QED) is 0.742. The van der Waals surface area contributed by atoms with Gasteiger partial charge in [-0.2, -0.15) is 0 Å². The van der Waals surface area contributed by atoms with Gasteiger partial charge in [0.2, 0.25) is 0 Å². The Kier molecular flexibility index (Phi) is 7.11. The Balaban J connectivity index is 1.70. The summed E-state index contributed by atoms with van der Waals surface area (Å²) < 4.78 is 11.1. The smallest absolute Gasteiger partial charge is 0.257 e. The van der Waals surface area contributed by atoms with Gasteiger partial charge in [0.15, 0.2) is 6.61 Å². The molecule has 1 unspecified atom stereocenters. The van der Waals surface area contributed by atoms with Crippen LogP contribution in [-0.2, 0) is 11.4 Å². The number of benzene rings is 2. The van der Waals surface area contributed by atoms with Gasteiger partial charge in [-0.05, 0) is 43.2 Å². The van der Waals surface area contributed by atoms with Crippen LogP contribution in [0.1, 0.15) is 18.9 Å². The lowest BCUT2D eigenvalue weighted by Crippen LogP contribution is -2.32. The van der Waals surface area contributed by atoms with Crippen LogP contribution in [0.4, 0.5) is 0 Å². The number of nitrogens with one attached hydrogen (secondary N) is 1. The fourth-order valence-electron chi connectivity index (χ4n) is 2.01. The van der Waals surface area contributed by atoms with E-state index in [0.717, 1.165) is 17.7 Å². The lowest BCUT2D eigenvalue weighted by atomic mass is 10.2. The number of carbonyl (C=O) groups is 1. The van der Waals surface area contributed by atoms with Crippen LogP contribution in [0.3, 0.4) is 0 Å². The van der Waals surface area contributed by atoms with Crippen LogP contribution in [0.25, 0.3) is 0 Å². The first-order valence-corrected chi connectivity index (χ1v) is 8.05. The van der Waals surface area contributed by atoms with Crippen LogP contribution >= 0.6 is 0 Å². The number of rotatable bonds is 9. The third kappa shape index (κ3) is 6.71. The molecule has 5 heteroatoms. The summed E-state index contributed by atoms with van der Waals surface area (Å²) >= 11 is 0. The number of hydrogen-bond acceptors (Lipinski definition) is 4. The maximum absolute atomic E-state index is 11.6. The maximum atomic E-state index is 11.6. The molecule has 0 aliphatic heterocycles. The first-order valence-electron chi connectivity index (χ1n) is 8.05. The minimum Gasteiger partial charge on any atom is -0.489 e. The van der Waals surface area contributed by atoms with Crippen molar-refractivity contribution in [3.05, 3.63) is 60.2 Å². The predicted molar refractivity (Wildman–Crippen MR) is 94.0 cm³/mol. The van der Waals surface area contributed by atoms with E-state index < -0.39 is 0 Å². The molecule has 0 saturated heterocycles. The molecule has 1 amide bonds. The average molecular weight is 328 g/mol. The van der Waals surface area contributed by atoms with E-state index in [1.807, 2.05) is 49.4 Å². The maximum Gasteiger partial charge on any atom is 0.257 e. The number of nitrogens with two attached hydrogens (primary N) is 1. The van der Waals surface area contributed by atoms with Crippen LogP contribution in [0.2, 0.25) is 0 Å². The van der Waals surface area contributed by atoms with Crippen molar-refractivity contribution in [1.29, 1.82) is 0 Å². The molecule has 24 heavy (non-hydrogen) atoms. The molecule has 0 heterocycles. The molecule has 0 saturated carbocycles. The van der Waals surface area contributed by atoms with Gasteiger partial charge in [-0.3, -0.25) is 4.79 Å². The van der Waals surface area contributed by atoms with Crippen LogP contribution in [0, 0.1) is 0 Å². The highest BCUT2D eigenvalue weighted by atomic mass is 16.5. The van der Waals surface area contributed by atoms with Crippen molar-refractivity contribution in [1.82, 2.24) is 5.32 Å². The lowest BCUT2D eigenvalue weighted by molar-refractivity contribution is -0.123. The zero-order chi connectivity index (χ0) is 17.2. The molecule has 0 radical (unpaired) electrons. The van der Waals surface area contributed by atoms with E-state index in [9.17, 15) is 4.79 Å². The summed E-state index contributed by atoms with van der Waals surface area (Å²) in [6.45, 7) is 2.97. The number of ether oxygens (including phenoxy) is 2. The molecular weight excluding hydrogens is 304 g/mol. The van der Waals surface area contributed by atoms with Gasteiger partial charge < -0.3 is 20.5 Å². The van der Waals surface area contributed by atoms with Gasteiger partial charge in [0.25, 0.3) is 5.91 Å². The van der Waals surface area contributed by atoms with Gasteiger partial charge in [0.1, 0.15) is 18.1 Å². The molecule has 0 spiro atoms. The van der Waals surface area contributed by atoms with Crippen molar-refractivity contribution < 1.29 is 14.3 Å². The van der Waals surface area contributed by atoms with Crippen LogP contribution < -0.4 is 20.5 Å². The van der Waals surface area contributed by atoms with Crippen molar-refractivity contribution in [2.45, 2.75) is 26.0 Å². The first-order chi connectivity index (χ1) is 11.6. The molecule has 128 valence electrons. The van der Waals surface area contributed by atoms with Crippen LogP contribution in [0.5, 0.6) is 11.5 Å². The molecule has 5 nitrogen and oxygen atoms in total. The summed E-state index contributed by atoms with van der Waals surface area (Å²) in [4.78, 5) is 11.6. The predicted octanol–water partition coefficient (Wildman–Crippen LogP) is 2.50. The van der Waals surface area contributed by atoms with Crippen molar-refractivity contribution >= 4 is 5.91 Å². The van der Waals surface area contributed by atoms with Gasteiger partial charge in [0.05, 0.1) is 0 Å². The highest BCUT2D eigenvalue weighted by molar-refractivity contribution is 5.77. The largest absolute Gasteiger partial charge is 0.489 e. The van der Waals surface area contributed by atoms with E-state index in [1.165, 1.54) is 0 Å². The summed E-state index contributed by atoms with van der Waals surface area (Å²) in [6, 6.07) is 17.3. The lowest BCUT2D eigenvalue weighted by Gasteiger charge is -2.10. The van der Waals surface area contributed by atoms with E-state index in [1.54, 1.807) is 12.1 Å². The zero-order valence-corrected chi connectivity index (χ0v) is 13.9. The highest BCUT2D eigenvalue weighted by Crippen LogP contribution is 2.18. The Morgan fingerprint density at radius 1 is 1.04 bits per heavy atom. The number of hydrogen-bond donors (Lipinski definition) is 2. The second kappa shape index (κ2) is 9.57. The molecule has 0 aromatic heterocycles. The number of carbonyl (C=O) groups excluding carboxylic acids is 1. The SMILES string of the molecule is CC(N)CCNC(=O)COc1ccc(OCc2ccccc2)cc1. The fraction of sp³-hybridized carbons (Fsp3) is 0.316. The second-order valence-electron chi connectivity index (χ2n) is 5.65. The van der Waals surface area contributed by atoms with Crippen molar-refractivity contribution in [2.75, 3.05) is 13.2 Å². The second-order valence-corrected chi connectivity index (χ2v) is 5.65. The number of amides is 1. The molecule has 2 rings (SSSR count). The Labute approximate surface area is 142 Å². The molecular formula is C19H24N2O3. The summed E-state index contributed by atoms with van der Waals surface area (Å²) in [5, 5.41) is 2.77. The molecule has 3 N–H and O–H groups in total. The van der Waals surface area contributed by atoms with Gasteiger partial charge in [-0.25, -0.2) is 0 Å². The van der Waals surface area contributed by atoms with Gasteiger partial charge >= 0.3 is 0 Å². The monoisotopic (exact) mass is 328 g/mol. The van der Waals surface area contributed by atoms with Gasteiger partial charge in [-0.15, -0.1) is 0 Å².